The van der Waals surface area contributed by atoms with Crippen LogP contribution in [0.3, 0.4) is 0 Å². The van der Waals surface area contributed by atoms with Gasteiger partial charge in [-0.25, -0.2) is 0 Å². The minimum absolute atomic E-state index is 0.103. The number of hydrogen-bond acceptors (Lipinski definition) is 4. The van der Waals surface area contributed by atoms with Gasteiger partial charge < -0.3 is 19.7 Å². The number of para-hydroxylation sites is 1. The maximum Gasteiger partial charge on any atom is 0.239 e. The van der Waals surface area contributed by atoms with Crippen molar-refractivity contribution in [3.05, 3.63) is 54.5 Å². The predicted molar refractivity (Wildman–Crippen MR) is 85.6 cm³/mol. The lowest BCUT2D eigenvalue weighted by Crippen LogP contribution is -2.43. The zero-order chi connectivity index (χ0) is 16.0. The Labute approximate surface area is 130 Å². The first-order valence-electron chi connectivity index (χ1n) is 7.36. The van der Waals surface area contributed by atoms with E-state index in [9.17, 15) is 9.90 Å². The molecule has 2 aromatic rings. The zero-order valence-electron chi connectivity index (χ0n) is 13.0. The summed E-state index contributed by atoms with van der Waals surface area (Å²) in [5.74, 6) is 0.292. The number of nitrogens with zero attached hydrogens (tertiary/aromatic N) is 1. The van der Waals surface area contributed by atoms with Crippen LogP contribution in [-0.4, -0.2) is 30.6 Å². The van der Waals surface area contributed by atoms with Crippen molar-refractivity contribution in [3.63, 3.8) is 0 Å². The van der Waals surface area contributed by atoms with E-state index in [0.717, 1.165) is 12.2 Å². The number of nitrogens with one attached hydrogen (secondary N) is 1. The van der Waals surface area contributed by atoms with Crippen molar-refractivity contribution in [2.45, 2.75) is 19.4 Å². The Hall–Kier alpha value is -2.27. The maximum absolute atomic E-state index is 12.1. The summed E-state index contributed by atoms with van der Waals surface area (Å²) in [6, 6.07) is 13.2. The molecule has 118 valence electrons. The molecule has 5 nitrogen and oxygen atoms in total. The van der Waals surface area contributed by atoms with Crippen molar-refractivity contribution in [2.75, 3.05) is 24.5 Å². The van der Waals surface area contributed by atoms with Crippen LogP contribution < -0.4 is 10.2 Å². The molecule has 1 aromatic carbocycles. The average Bonchev–Trinajstić information content (AvgIpc) is 3.07. The summed E-state index contributed by atoms with van der Waals surface area (Å²) < 4.78 is 5.19. The van der Waals surface area contributed by atoms with Crippen LogP contribution >= 0.6 is 0 Å². The first kappa shape index (κ1) is 16.1. The van der Waals surface area contributed by atoms with E-state index in [0.29, 0.717) is 5.76 Å². The van der Waals surface area contributed by atoms with Crippen molar-refractivity contribution < 1.29 is 14.3 Å². The average molecular weight is 302 g/mol. The van der Waals surface area contributed by atoms with Gasteiger partial charge in [0, 0.05) is 12.2 Å². The summed E-state index contributed by atoms with van der Waals surface area (Å²) in [6.45, 7) is 4.69. The molecule has 2 rings (SSSR count). The highest BCUT2D eigenvalue weighted by molar-refractivity contribution is 5.81. The Balaban J connectivity index is 1.90. The number of likely N-dealkylation sites (N-methyl/N-ethyl adjacent to an activating group) is 1. The van der Waals surface area contributed by atoms with Crippen LogP contribution in [0.15, 0.2) is 53.1 Å². The lowest BCUT2D eigenvalue weighted by Gasteiger charge is -2.25. The molecule has 1 amide bonds. The van der Waals surface area contributed by atoms with Gasteiger partial charge in [-0.2, -0.15) is 0 Å². The van der Waals surface area contributed by atoms with Crippen molar-refractivity contribution in [2.24, 2.45) is 0 Å². The van der Waals surface area contributed by atoms with Gasteiger partial charge in [-0.05, 0) is 38.1 Å². The Kier molecular flexibility index (Phi) is 5.22. The van der Waals surface area contributed by atoms with Gasteiger partial charge in [-0.1, -0.05) is 18.2 Å². The Morgan fingerprint density at radius 3 is 2.59 bits per heavy atom. The number of carbonyl (C=O) groups excluding carboxylic acids is 1. The van der Waals surface area contributed by atoms with Crippen molar-refractivity contribution in [3.8, 4) is 0 Å². The molecule has 0 radical (unpaired) electrons. The largest absolute Gasteiger partial charge is 0.466 e. The highest BCUT2D eigenvalue weighted by Gasteiger charge is 2.26. The minimum atomic E-state index is -1.22. The summed E-state index contributed by atoms with van der Waals surface area (Å²) in [5.41, 5.74) is -0.221. The second-order valence-electron chi connectivity index (χ2n) is 5.38. The summed E-state index contributed by atoms with van der Waals surface area (Å²) >= 11 is 0. The fourth-order valence-electron chi connectivity index (χ4n) is 2.20. The van der Waals surface area contributed by atoms with Gasteiger partial charge in [0.1, 0.15) is 11.4 Å². The molecule has 22 heavy (non-hydrogen) atoms. The Bertz CT molecular complexity index is 579. The molecule has 0 saturated carbocycles. The second kappa shape index (κ2) is 7.13. The zero-order valence-corrected chi connectivity index (χ0v) is 13.0. The third kappa shape index (κ3) is 4.11. The van der Waals surface area contributed by atoms with Crippen LogP contribution in [0.1, 0.15) is 19.6 Å². The van der Waals surface area contributed by atoms with Crippen LogP contribution in [0, 0.1) is 0 Å². The van der Waals surface area contributed by atoms with Crippen molar-refractivity contribution in [1.29, 1.82) is 0 Å². The summed E-state index contributed by atoms with van der Waals surface area (Å²) in [5, 5.41) is 13.1. The third-order valence-electron chi connectivity index (χ3n) is 3.52. The lowest BCUT2D eigenvalue weighted by atomic mass is 10.0. The predicted octanol–water partition coefficient (Wildman–Crippen LogP) is 2.13. The van der Waals surface area contributed by atoms with E-state index in [-0.39, 0.29) is 19.0 Å². The van der Waals surface area contributed by atoms with Gasteiger partial charge >= 0.3 is 0 Å². The molecule has 1 aromatic heterocycles. The molecule has 0 fully saturated rings. The molecule has 5 heteroatoms. The summed E-state index contributed by atoms with van der Waals surface area (Å²) in [4.78, 5) is 14.1. The van der Waals surface area contributed by atoms with E-state index in [4.69, 9.17) is 4.42 Å². The normalized spacial score (nSPS) is 13.4. The minimum Gasteiger partial charge on any atom is -0.466 e. The fraction of sp³-hybridized carbons (Fsp3) is 0.353. The second-order valence-corrected chi connectivity index (χ2v) is 5.38. The van der Waals surface area contributed by atoms with E-state index in [1.165, 1.54) is 6.26 Å². The molecule has 1 heterocycles. The molecular weight excluding hydrogens is 280 g/mol. The number of carbonyl (C=O) groups is 1. The molecule has 2 N–H and O–H groups in total. The third-order valence-corrected chi connectivity index (χ3v) is 3.52. The molecule has 0 bridgehead atoms. The molecule has 0 saturated heterocycles. The fourth-order valence-corrected chi connectivity index (χ4v) is 2.20. The summed E-state index contributed by atoms with van der Waals surface area (Å²) in [7, 11) is 0. The first-order chi connectivity index (χ1) is 10.5. The number of rotatable bonds is 7. The molecule has 0 spiro atoms. The standard InChI is InChI=1S/C17H22N2O3/c1-3-19(14-8-5-4-6-9-14)12-16(20)18-13-17(2,21)15-10-7-11-22-15/h4-11,21H,3,12-13H2,1-2H3,(H,18,20). The molecule has 1 atom stereocenters. The van der Waals surface area contributed by atoms with Gasteiger partial charge in [0.05, 0.1) is 19.4 Å². The lowest BCUT2D eigenvalue weighted by molar-refractivity contribution is -0.121. The topological polar surface area (TPSA) is 65.7 Å². The van der Waals surface area contributed by atoms with E-state index in [1.807, 2.05) is 42.2 Å². The molecule has 1 unspecified atom stereocenters. The number of anilines is 1. The van der Waals surface area contributed by atoms with E-state index in [1.54, 1.807) is 19.1 Å². The van der Waals surface area contributed by atoms with Crippen LogP contribution in [0.5, 0.6) is 0 Å². The van der Waals surface area contributed by atoms with Crippen LogP contribution in [0.25, 0.3) is 0 Å². The van der Waals surface area contributed by atoms with Gasteiger partial charge in [-0.3, -0.25) is 4.79 Å². The molecule has 0 aliphatic rings. The van der Waals surface area contributed by atoms with E-state index in [2.05, 4.69) is 5.32 Å². The smallest absolute Gasteiger partial charge is 0.239 e. The van der Waals surface area contributed by atoms with Gasteiger partial charge in [0.25, 0.3) is 0 Å². The molecule has 0 aliphatic carbocycles. The van der Waals surface area contributed by atoms with Crippen molar-refractivity contribution >= 4 is 11.6 Å². The number of benzene rings is 1. The highest BCUT2D eigenvalue weighted by atomic mass is 16.4. The number of amides is 1. The van der Waals surface area contributed by atoms with Crippen LogP contribution in [-0.2, 0) is 10.4 Å². The number of hydrogen-bond donors (Lipinski definition) is 2. The number of furan rings is 1. The van der Waals surface area contributed by atoms with Gasteiger partial charge in [0.2, 0.25) is 5.91 Å². The summed E-state index contributed by atoms with van der Waals surface area (Å²) in [6.07, 6.45) is 1.50. The van der Waals surface area contributed by atoms with Crippen molar-refractivity contribution in [1.82, 2.24) is 5.32 Å². The maximum atomic E-state index is 12.1. The highest BCUT2D eigenvalue weighted by Crippen LogP contribution is 2.19. The SMILES string of the molecule is CCN(CC(=O)NCC(C)(O)c1ccco1)c1ccccc1. The quantitative estimate of drug-likeness (QED) is 0.822. The van der Waals surface area contributed by atoms with Gasteiger partial charge in [-0.15, -0.1) is 0 Å². The molecular formula is C17H22N2O3. The first-order valence-corrected chi connectivity index (χ1v) is 7.36. The van der Waals surface area contributed by atoms with Crippen LogP contribution in [0.4, 0.5) is 5.69 Å². The van der Waals surface area contributed by atoms with Crippen LogP contribution in [0.2, 0.25) is 0 Å². The monoisotopic (exact) mass is 302 g/mol. The van der Waals surface area contributed by atoms with E-state index < -0.39 is 5.60 Å². The molecule has 0 aliphatic heterocycles. The van der Waals surface area contributed by atoms with Gasteiger partial charge in [0.15, 0.2) is 0 Å². The Morgan fingerprint density at radius 1 is 1.27 bits per heavy atom. The van der Waals surface area contributed by atoms with E-state index >= 15 is 0 Å². The Morgan fingerprint density at radius 2 is 2.00 bits per heavy atom. The number of aliphatic hydroxyl groups is 1.